The van der Waals surface area contributed by atoms with Crippen LogP contribution in [0.15, 0.2) is 53.4 Å². The van der Waals surface area contributed by atoms with Gasteiger partial charge < -0.3 is 5.32 Å². The molecule has 0 bridgehead atoms. The summed E-state index contributed by atoms with van der Waals surface area (Å²) >= 11 is 0. The molecule has 2 aromatic carbocycles. The molecular formula is C18H18F2N2O3S. The highest BCUT2D eigenvalue weighted by Gasteiger charge is 2.31. The van der Waals surface area contributed by atoms with Crippen LogP contribution in [0.4, 0.5) is 8.78 Å². The molecule has 0 radical (unpaired) electrons. The van der Waals surface area contributed by atoms with Crippen LogP contribution in [0.1, 0.15) is 23.2 Å². The second-order valence-corrected chi connectivity index (χ2v) is 8.00. The molecular weight excluding hydrogens is 362 g/mol. The molecule has 1 N–H and O–H groups in total. The summed E-state index contributed by atoms with van der Waals surface area (Å²) in [5.41, 5.74) is 0.214. The highest BCUT2D eigenvalue weighted by Crippen LogP contribution is 2.23. The summed E-state index contributed by atoms with van der Waals surface area (Å²) in [6.07, 6.45) is 0.795. The van der Waals surface area contributed by atoms with Crippen molar-refractivity contribution in [2.45, 2.75) is 23.8 Å². The molecule has 0 aliphatic carbocycles. The molecule has 5 nitrogen and oxygen atoms in total. The number of sulfonamides is 1. The fourth-order valence-electron chi connectivity index (χ4n) is 2.93. The summed E-state index contributed by atoms with van der Waals surface area (Å²) in [5, 5.41) is 2.78. The van der Waals surface area contributed by atoms with E-state index in [1.807, 2.05) is 0 Å². The molecule has 8 heteroatoms. The summed E-state index contributed by atoms with van der Waals surface area (Å²) < 4.78 is 53.3. The number of hydrogen-bond acceptors (Lipinski definition) is 3. The van der Waals surface area contributed by atoms with Crippen LogP contribution in [0.25, 0.3) is 0 Å². The fraction of sp³-hybridized carbons (Fsp3) is 0.278. The van der Waals surface area contributed by atoms with Crippen molar-refractivity contribution < 1.29 is 22.0 Å². The minimum absolute atomic E-state index is 0.171. The van der Waals surface area contributed by atoms with Crippen LogP contribution in [0.2, 0.25) is 0 Å². The molecule has 0 saturated carbocycles. The number of carbonyl (C=O) groups is 1. The Balaban J connectivity index is 1.62. The van der Waals surface area contributed by atoms with Gasteiger partial charge in [-0.25, -0.2) is 17.2 Å². The van der Waals surface area contributed by atoms with Gasteiger partial charge in [-0.3, -0.25) is 4.79 Å². The number of hydrogen-bond donors (Lipinski definition) is 1. The average molecular weight is 380 g/mol. The van der Waals surface area contributed by atoms with Gasteiger partial charge in [0, 0.05) is 24.7 Å². The second kappa shape index (κ2) is 7.51. The Morgan fingerprint density at radius 2 is 1.73 bits per heavy atom. The van der Waals surface area contributed by atoms with Crippen LogP contribution in [-0.2, 0) is 10.0 Å². The maximum atomic E-state index is 13.8. The van der Waals surface area contributed by atoms with E-state index in [1.165, 1.54) is 40.7 Å². The third-order valence-corrected chi connectivity index (χ3v) is 6.26. The normalized spacial score (nSPS) is 16.4. The number of halogens is 2. The molecule has 1 aliphatic rings. The molecule has 1 saturated heterocycles. The van der Waals surface area contributed by atoms with Crippen molar-refractivity contribution in [3.05, 3.63) is 65.7 Å². The predicted molar refractivity (Wildman–Crippen MR) is 92.0 cm³/mol. The predicted octanol–water partition coefficient (Wildman–Crippen LogP) is 2.55. The number of nitrogens with one attached hydrogen (secondary N) is 1. The van der Waals surface area contributed by atoms with Crippen molar-refractivity contribution in [1.82, 2.24) is 9.62 Å². The molecule has 1 fully saturated rings. The molecule has 138 valence electrons. The van der Waals surface area contributed by atoms with Crippen molar-refractivity contribution in [1.29, 1.82) is 0 Å². The maximum absolute atomic E-state index is 13.8. The minimum atomic E-state index is -3.91. The van der Waals surface area contributed by atoms with E-state index in [9.17, 15) is 22.0 Å². The lowest BCUT2D eigenvalue weighted by Crippen LogP contribution is -2.46. The van der Waals surface area contributed by atoms with Gasteiger partial charge in [0.25, 0.3) is 5.91 Å². The topological polar surface area (TPSA) is 66.5 Å². The number of amides is 1. The molecule has 26 heavy (non-hydrogen) atoms. The smallest absolute Gasteiger partial charge is 0.251 e. The summed E-state index contributed by atoms with van der Waals surface area (Å²) in [7, 11) is -3.91. The van der Waals surface area contributed by atoms with E-state index in [2.05, 4.69) is 5.32 Å². The maximum Gasteiger partial charge on any atom is 0.251 e. The molecule has 2 aromatic rings. The first-order valence-electron chi connectivity index (χ1n) is 8.19. The zero-order valence-corrected chi connectivity index (χ0v) is 14.7. The number of rotatable bonds is 4. The quantitative estimate of drug-likeness (QED) is 0.887. The van der Waals surface area contributed by atoms with E-state index >= 15 is 0 Å². The molecule has 0 atom stereocenters. The lowest BCUT2D eigenvalue weighted by Gasteiger charge is -2.31. The Bertz CT molecular complexity index is 910. The summed E-state index contributed by atoms with van der Waals surface area (Å²) in [4.78, 5) is 11.8. The van der Waals surface area contributed by atoms with Crippen LogP contribution in [-0.4, -0.2) is 37.8 Å². The molecule has 0 spiro atoms. The van der Waals surface area contributed by atoms with Gasteiger partial charge in [0.1, 0.15) is 16.5 Å². The number of piperidine rings is 1. The highest BCUT2D eigenvalue weighted by atomic mass is 32.2. The Morgan fingerprint density at radius 3 is 2.38 bits per heavy atom. The monoisotopic (exact) mass is 380 g/mol. The molecule has 0 unspecified atom stereocenters. The van der Waals surface area contributed by atoms with E-state index in [4.69, 9.17) is 0 Å². The van der Waals surface area contributed by atoms with Crippen molar-refractivity contribution in [2.24, 2.45) is 0 Å². The molecule has 0 aromatic heterocycles. The van der Waals surface area contributed by atoms with Crippen molar-refractivity contribution in [2.75, 3.05) is 13.1 Å². The van der Waals surface area contributed by atoms with Gasteiger partial charge in [-0.2, -0.15) is 4.31 Å². The SMILES string of the molecule is O=C(NC1CCN(S(=O)(=O)c2ccccc2F)CC1)c1cccc(F)c1. The zero-order chi connectivity index (χ0) is 18.7. The van der Waals surface area contributed by atoms with Crippen LogP contribution < -0.4 is 5.32 Å². The van der Waals surface area contributed by atoms with Gasteiger partial charge in [-0.15, -0.1) is 0 Å². The van der Waals surface area contributed by atoms with Crippen molar-refractivity contribution in [3.8, 4) is 0 Å². The second-order valence-electron chi connectivity index (χ2n) is 6.09. The lowest BCUT2D eigenvalue weighted by molar-refractivity contribution is 0.0923. The molecule has 1 amide bonds. The van der Waals surface area contributed by atoms with E-state index in [0.717, 1.165) is 12.1 Å². The Labute approximate surface area is 150 Å². The van der Waals surface area contributed by atoms with Crippen LogP contribution in [0.5, 0.6) is 0 Å². The van der Waals surface area contributed by atoms with Gasteiger partial charge in [-0.05, 0) is 43.2 Å². The van der Waals surface area contributed by atoms with Gasteiger partial charge in [0.2, 0.25) is 10.0 Å². The van der Waals surface area contributed by atoms with Gasteiger partial charge in [-0.1, -0.05) is 18.2 Å². The van der Waals surface area contributed by atoms with Crippen LogP contribution in [0, 0.1) is 11.6 Å². The van der Waals surface area contributed by atoms with E-state index < -0.39 is 27.6 Å². The standard InChI is InChI=1S/C18H18F2N2O3S/c19-14-5-3-4-13(12-14)18(23)21-15-8-10-22(11-9-15)26(24,25)17-7-2-1-6-16(17)20/h1-7,12,15H,8-11H2,(H,21,23). The summed E-state index contributed by atoms with van der Waals surface area (Å²) in [5.74, 6) is -1.68. The largest absolute Gasteiger partial charge is 0.349 e. The van der Waals surface area contributed by atoms with Gasteiger partial charge in [0.15, 0.2) is 0 Å². The Kier molecular flexibility index (Phi) is 5.33. The van der Waals surface area contributed by atoms with Gasteiger partial charge in [0.05, 0.1) is 0 Å². The average Bonchev–Trinajstić information content (AvgIpc) is 2.62. The zero-order valence-electron chi connectivity index (χ0n) is 13.9. The Morgan fingerprint density at radius 1 is 1.04 bits per heavy atom. The molecule has 1 aliphatic heterocycles. The van der Waals surface area contributed by atoms with Crippen molar-refractivity contribution >= 4 is 15.9 Å². The fourth-order valence-corrected chi connectivity index (χ4v) is 4.47. The number of nitrogens with zero attached hydrogens (tertiary/aromatic N) is 1. The lowest BCUT2D eigenvalue weighted by atomic mass is 10.1. The highest BCUT2D eigenvalue weighted by molar-refractivity contribution is 7.89. The number of benzene rings is 2. The van der Waals surface area contributed by atoms with Crippen LogP contribution in [0.3, 0.4) is 0 Å². The van der Waals surface area contributed by atoms with Gasteiger partial charge >= 0.3 is 0 Å². The summed E-state index contributed by atoms with van der Waals surface area (Å²) in [6, 6.07) is 10.4. The first-order valence-corrected chi connectivity index (χ1v) is 9.63. The first-order chi connectivity index (χ1) is 12.4. The minimum Gasteiger partial charge on any atom is -0.349 e. The first kappa shape index (κ1) is 18.5. The van der Waals surface area contributed by atoms with E-state index in [1.54, 1.807) is 0 Å². The third-order valence-electron chi connectivity index (χ3n) is 4.33. The van der Waals surface area contributed by atoms with E-state index in [0.29, 0.717) is 12.8 Å². The summed E-state index contributed by atoms with van der Waals surface area (Å²) in [6.45, 7) is 0.343. The molecule has 1 heterocycles. The van der Waals surface area contributed by atoms with E-state index in [-0.39, 0.29) is 29.6 Å². The van der Waals surface area contributed by atoms with Crippen LogP contribution >= 0.6 is 0 Å². The molecule has 3 rings (SSSR count). The number of carbonyl (C=O) groups excluding carboxylic acids is 1. The third kappa shape index (κ3) is 3.91. The van der Waals surface area contributed by atoms with Crippen molar-refractivity contribution in [3.63, 3.8) is 0 Å². The Hall–Kier alpha value is -2.32.